The van der Waals surface area contributed by atoms with Gasteiger partial charge in [0.25, 0.3) is 0 Å². The van der Waals surface area contributed by atoms with Crippen molar-refractivity contribution < 1.29 is 9.31 Å². The highest BCUT2D eigenvalue weighted by molar-refractivity contribution is 5.57. The number of halogens is 1. The third-order valence-electron chi connectivity index (χ3n) is 2.28. The number of hydrogen-bond acceptors (Lipinski definition) is 3. The minimum Gasteiger partial charge on any atom is -0.324 e. The first kappa shape index (κ1) is 12.3. The molecule has 0 heterocycles. The predicted octanol–water partition coefficient (Wildman–Crippen LogP) is 2.48. The maximum absolute atomic E-state index is 13.0. The van der Waals surface area contributed by atoms with Crippen LogP contribution < -0.4 is 5.73 Å². The molecular formula is C11H13FN2O2. The smallest absolute Gasteiger partial charge is 0.305 e. The molecule has 86 valence electrons. The van der Waals surface area contributed by atoms with Crippen LogP contribution in [0.4, 0.5) is 10.1 Å². The first-order chi connectivity index (χ1) is 7.41. The van der Waals surface area contributed by atoms with E-state index >= 15 is 0 Å². The number of nitrogens with two attached hydrogens (primary N) is 1. The van der Waals surface area contributed by atoms with E-state index in [2.05, 4.69) is 0 Å². The number of nitro groups is 1. The van der Waals surface area contributed by atoms with Crippen molar-refractivity contribution in [2.24, 2.45) is 5.73 Å². The van der Waals surface area contributed by atoms with Crippen molar-refractivity contribution in [1.82, 2.24) is 0 Å². The van der Waals surface area contributed by atoms with E-state index in [1.54, 1.807) is 6.08 Å². The van der Waals surface area contributed by atoms with Gasteiger partial charge in [-0.2, -0.15) is 4.39 Å². The van der Waals surface area contributed by atoms with E-state index in [0.717, 1.165) is 11.6 Å². The molecule has 0 saturated carbocycles. The SMILES string of the molecule is C/C(=C\c1ccc(F)c([N+](=O)[O-])c1)C(C)N. The summed E-state index contributed by atoms with van der Waals surface area (Å²) in [5.74, 6) is -0.833. The third-order valence-corrected chi connectivity index (χ3v) is 2.28. The second-order valence-electron chi connectivity index (χ2n) is 3.64. The summed E-state index contributed by atoms with van der Waals surface area (Å²) in [6, 6.07) is 3.62. The molecular weight excluding hydrogens is 211 g/mol. The zero-order valence-electron chi connectivity index (χ0n) is 9.11. The Labute approximate surface area is 92.7 Å². The molecule has 1 atom stereocenters. The highest BCUT2D eigenvalue weighted by atomic mass is 19.1. The van der Waals surface area contributed by atoms with E-state index in [4.69, 9.17) is 5.73 Å². The zero-order valence-corrected chi connectivity index (χ0v) is 9.11. The average molecular weight is 224 g/mol. The normalized spacial score (nSPS) is 13.6. The van der Waals surface area contributed by atoms with Crippen molar-refractivity contribution in [3.05, 3.63) is 45.3 Å². The first-order valence-electron chi connectivity index (χ1n) is 4.79. The number of nitro benzene ring substituents is 1. The van der Waals surface area contributed by atoms with Crippen LogP contribution in [-0.4, -0.2) is 11.0 Å². The highest BCUT2D eigenvalue weighted by Gasteiger charge is 2.13. The van der Waals surface area contributed by atoms with Gasteiger partial charge in [-0.25, -0.2) is 0 Å². The minimum atomic E-state index is -0.833. The van der Waals surface area contributed by atoms with Crippen LogP contribution in [0.25, 0.3) is 6.08 Å². The fraction of sp³-hybridized carbons (Fsp3) is 0.273. The van der Waals surface area contributed by atoms with Crippen LogP contribution in [0, 0.1) is 15.9 Å². The molecule has 0 saturated heterocycles. The Morgan fingerprint density at radius 2 is 2.25 bits per heavy atom. The van der Waals surface area contributed by atoms with Gasteiger partial charge in [0, 0.05) is 12.1 Å². The van der Waals surface area contributed by atoms with E-state index in [1.807, 2.05) is 13.8 Å². The molecule has 0 amide bonds. The van der Waals surface area contributed by atoms with Gasteiger partial charge in [0.05, 0.1) is 4.92 Å². The van der Waals surface area contributed by atoms with Crippen molar-refractivity contribution in [2.45, 2.75) is 19.9 Å². The number of hydrogen-bond donors (Lipinski definition) is 1. The maximum Gasteiger partial charge on any atom is 0.305 e. The van der Waals surface area contributed by atoms with Crippen molar-refractivity contribution in [2.75, 3.05) is 0 Å². The largest absolute Gasteiger partial charge is 0.324 e. The Morgan fingerprint density at radius 3 is 2.75 bits per heavy atom. The Morgan fingerprint density at radius 1 is 1.62 bits per heavy atom. The van der Waals surface area contributed by atoms with Crippen LogP contribution in [0.15, 0.2) is 23.8 Å². The lowest BCUT2D eigenvalue weighted by atomic mass is 10.1. The lowest BCUT2D eigenvalue weighted by Crippen LogP contribution is -2.15. The quantitative estimate of drug-likeness (QED) is 0.633. The van der Waals surface area contributed by atoms with E-state index in [-0.39, 0.29) is 6.04 Å². The van der Waals surface area contributed by atoms with Crippen LogP contribution in [0.2, 0.25) is 0 Å². The molecule has 1 aromatic rings. The van der Waals surface area contributed by atoms with E-state index in [1.165, 1.54) is 12.1 Å². The molecule has 0 aliphatic heterocycles. The van der Waals surface area contributed by atoms with Gasteiger partial charge in [0.15, 0.2) is 0 Å². The summed E-state index contributed by atoms with van der Waals surface area (Å²) >= 11 is 0. The molecule has 4 nitrogen and oxygen atoms in total. The Bertz CT molecular complexity index is 442. The summed E-state index contributed by atoms with van der Waals surface area (Å²) in [5, 5.41) is 10.5. The van der Waals surface area contributed by atoms with Crippen LogP contribution in [0.1, 0.15) is 19.4 Å². The van der Waals surface area contributed by atoms with Crippen LogP contribution in [0.3, 0.4) is 0 Å². The van der Waals surface area contributed by atoms with Gasteiger partial charge in [-0.15, -0.1) is 0 Å². The lowest BCUT2D eigenvalue weighted by molar-refractivity contribution is -0.387. The predicted molar refractivity (Wildman–Crippen MR) is 60.4 cm³/mol. The standard InChI is InChI=1S/C11H13FN2O2/c1-7(8(2)13)5-9-3-4-10(12)11(6-9)14(15)16/h3-6,8H,13H2,1-2H3/b7-5+. The van der Waals surface area contributed by atoms with Gasteiger partial charge in [-0.05, 0) is 25.5 Å². The van der Waals surface area contributed by atoms with Crippen LogP contribution in [-0.2, 0) is 0 Å². The number of benzene rings is 1. The summed E-state index contributed by atoms with van der Waals surface area (Å²) in [6.07, 6.45) is 1.71. The molecule has 0 fully saturated rings. The molecule has 0 aliphatic carbocycles. The van der Waals surface area contributed by atoms with E-state index < -0.39 is 16.4 Å². The molecule has 0 aliphatic rings. The van der Waals surface area contributed by atoms with Gasteiger partial charge in [-0.3, -0.25) is 10.1 Å². The Balaban J connectivity index is 3.13. The topological polar surface area (TPSA) is 69.2 Å². The Kier molecular flexibility index (Phi) is 3.73. The highest BCUT2D eigenvalue weighted by Crippen LogP contribution is 2.20. The molecule has 0 spiro atoms. The van der Waals surface area contributed by atoms with Crippen molar-refractivity contribution in [3.8, 4) is 0 Å². The molecule has 1 aromatic carbocycles. The lowest BCUT2D eigenvalue weighted by Gasteiger charge is -2.05. The van der Waals surface area contributed by atoms with E-state index in [0.29, 0.717) is 5.56 Å². The van der Waals surface area contributed by atoms with Crippen molar-refractivity contribution >= 4 is 11.8 Å². The summed E-state index contributed by atoms with van der Waals surface area (Å²) in [4.78, 5) is 9.77. The molecule has 16 heavy (non-hydrogen) atoms. The van der Waals surface area contributed by atoms with Gasteiger partial charge in [-0.1, -0.05) is 17.7 Å². The van der Waals surface area contributed by atoms with Gasteiger partial charge in [0.2, 0.25) is 5.82 Å². The maximum atomic E-state index is 13.0. The van der Waals surface area contributed by atoms with Crippen molar-refractivity contribution in [3.63, 3.8) is 0 Å². The van der Waals surface area contributed by atoms with Gasteiger partial charge < -0.3 is 5.73 Å². The second-order valence-corrected chi connectivity index (χ2v) is 3.64. The number of rotatable bonds is 3. The summed E-state index contributed by atoms with van der Waals surface area (Å²) in [5.41, 5.74) is 6.56. The molecule has 1 rings (SSSR count). The van der Waals surface area contributed by atoms with Crippen molar-refractivity contribution in [1.29, 1.82) is 0 Å². The van der Waals surface area contributed by atoms with Crippen LogP contribution in [0.5, 0.6) is 0 Å². The zero-order chi connectivity index (χ0) is 12.3. The summed E-state index contributed by atoms with van der Waals surface area (Å²) in [6.45, 7) is 3.63. The summed E-state index contributed by atoms with van der Waals surface area (Å²) < 4.78 is 13.0. The fourth-order valence-electron chi connectivity index (χ4n) is 1.15. The fourth-order valence-corrected chi connectivity index (χ4v) is 1.15. The second kappa shape index (κ2) is 4.85. The molecule has 0 bridgehead atoms. The van der Waals surface area contributed by atoms with Gasteiger partial charge in [0.1, 0.15) is 0 Å². The average Bonchev–Trinajstić information content (AvgIpc) is 2.20. The third kappa shape index (κ3) is 2.87. The molecule has 2 N–H and O–H groups in total. The molecule has 5 heteroatoms. The van der Waals surface area contributed by atoms with Gasteiger partial charge >= 0.3 is 5.69 Å². The number of nitrogens with zero attached hydrogens (tertiary/aromatic N) is 1. The first-order valence-corrected chi connectivity index (χ1v) is 4.79. The van der Waals surface area contributed by atoms with E-state index in [9.17, 15) is 14.5 Å². The minimum absolute atomic E-state index is 0.135. The molecule has 1 unspecified atom stereocenters. The summed E-state index contributed by atoms with van der Waals surface area (Å²) in [7, 11) is 0. The monoisotopic (exact) mass is 224 g/mol. The molecule has 0 aromatic heterocycles. The van der Waals surface area contributed by atoms with Crippen LogP contribution >= 0.6 is 0 Å². The Hall–Kier alpha value is -1.75. The molecule has 0 radical (unpaired) electrons.